The van der Waals surface area contributed by atoms with E-state index in [-0.39, 0.29) is 18.2 Å². The molecule has 2 N–H and O–H groups in total. The van der Waals surface area contributed by atoms with E-state index >= 15 is 0 Å². The lowest BCUT2D eigenvalue weighted by atomic mass is 9.89. The van der Waals surface area contributed by atoms with Crippen LogP contribution in [-0.4, -0.2) is 18.4 Å². The number of carbonyl (C=O) groups is 2. The van der Waals surface area contributed by atoms with Crippen molar-refractivity contribution in [2.75, 3.05) is 11.9 Å². The van der Waals surface area contributed by atoms with Gasteiger partial charge >= 0.3 is 0 Å². The molecule has 1 atom stereocenters. The molecule has 1 heterocycles. The zero-order valence-electron chi connectivity index (χ0n) is 11.7. The molecule has 1 aliphatic rings. The van der Waals surface area contributed by atoms with Gasteiger partial charge in [-0.15, -0.1) is 0 Å². The van der Waals surface area contributed by atoms with Crippen molar-refractivity contribution >= 4 is 17.5 Å². The minimum Gasteiger partial charge on any atom is -0.356 e. The summed E-state index contributed by atoms with van der Waals surface area (Å²) in [7, 11) is 0. The fourth-order valence-electron chi connectivity index (χ4n) is 2.28. The first-order chi connectivity index (χ1) is 9.47. The van der Waals surface area contributed by atoms with E-state index in [1.165, 1.54) is 12.1 Å². The van der Waals surface area contributed by atoms with E-state index < -0.39 is 11.7 Å². The summed E-state index contributed by atoms with van der Waals surface area (Å²) in [4.78, 5) is 23.8. The Labute approximate surface area is 117 Å². The van der Waals surface area contributed by atoms with Crippen molar-refractivity contribution in [3.05, 3.63) is 29.6 Å². The van der Waals surface area contributed by atoms with Crippen LogP contribution in [0.25, 0.3) is 0 Å². The summed E-state index contributed by atoms with van der Waals surface area (Å²) in [6, 6.07) is 4.13. The number of fused-ring (bicyclic) bond motifs is 1. The molecule has 0 bridgehead atoms. The number of nitrogens with one attached hydrogen (secondary N) is 2. The van der Waals surface area contributed by atoms with Crippen molar-refractivity contribution in [2.45, 2.75) is 32.6 Å². The van der Waals surface area contributed by atoms with Gasteiger partial charge < -0.3 is 10.6 Å². The number of hydrogen-bond acceptors (Lipinski definition) is 2. The van der Waals surface area contributed by atoms with E-state index in [1.807, 2.05) is 0 Å². The van der Waals surface area contributed by atoms with Crippen LogP contribution in [0.4, 0.5) is 10.1 Å². The highest BCUT2D eigenvalue weighted by atomic mass is 19.1. The molecule has 1 aromatic carbocycles. The average Bonchev–Trinajstić information content (AvgIpc) is 2.36. The van der Waals surface area contributed by atoms with Crippen LogP contribution in [0.1, 0.15) is 38.2 Å². The Morgan fingerprint density at radius 2 is 2.25 bits per heavy atom. The largest absolute Gasteiger partial charge is 0.356 e. The van der Waals surface area contributed by atoms with Crippen LogP contribution in [-0.2, 0) is 9.59 Å². The lowest BCUT2D eigenvalue weighted by Crippen LogP contribution is -2.35. The summed E-state index contributed by atoms with van der Waals surface area (Å²) in [5.41, 5.74) is 1.07. The van der Waals surface area contributed by atoms with Gasteiger partial charge in [0.05, 0.1) is 5.92 Å². The van der Waals surface area contributed by atoms with E-state index in [0.717, 1.165) is 6.42 Å². The Kier molecular flexibility index (Phi) is 4.37. The summed E-state index contributed by atoms with van der Waals surface area (Å²) in [6.07, 6.45) is 0.993. The number of hydrogen-bond donors (Lipinski definition) is 2. The maximum atomic E-state index is 13.2. The molecule has 0 aliphatic carbocycles. The van der Waals surface area contributed by atoms with Gasteiger partial charge in [-0.3, -0.25) is 9.59 Å². The Morgan fingerprint density at radius 1 is 1.50 bits per heavy atom. The Morgan fingerprint density at radius 3 is 2.95 bits per heavy atom. The molecule has 108 valence electrons. The first-order valence-corrected chi connectivity index (χ1v) is 6.84. The van der Waals surface area contributed by atoms with Crippen LogP contribution < -0.4 is 10.6 Å². The molecular formula is C15H19FN2O2. The van der Waals surface area contributed by atoms with Gasteiger partial charge in [-0.05, 0) is 30.0 Å². The molecular weight excluding hydrogens is 259 g/mol. The molecule has 1 aliphatic heterocycles. The Hall–Kier alpha value is -1.91. The van der Waals surface area contributed by atoms with Crippen molar-refractivity contribution < 1.29 is 14.0 Å². The quantitative estimate of drug-likeness (QED) is 0.888. The normalized spacial score (nSPS) is 17.6. The summed E-state index contributed by atoms with van der Waals surface area (Å²) in [5, 5.41) is 5.45. The molecule has 2 rings (SSSR count). The molecule has 0 spiro atoms. The summed E-state index contributed by atoms with van der Waals surface area (Å²) in [6.45, 7) is 4.75. The number of rotatable bonds is 4. The van der Waals surface area contributed by atoms with Gasteiger partial charge in [0.2, 0.25) is 11.8 Å². The molecule has 5 heteroatoms. The molecule has 0 radical (unpaired) electrons. The lowest BCUT2D eigenvalue weighted by Gasteiger charge is -2.25. The number of halogens is 1. The van der Waals surface area contributed by atoms with E-state index in [4.69, 9.17) is 0 Å². The van der Waals surface area contributed by atoms with Gasteiger partial charge in [-0.2, -0.15) is 0 Å². The van der Waals surface area contributed by atoms with Crippen molar-refractivity contribution in [1.29, 1.82) is 0 Å². The van der Waals surface area contributed by atoms with Gasteiger partial charge in [0, 0.05) is 18.7 Å². The molecule has 1 unspecified atom stereocenters. The minimum absolute atomic E-state index is 0.103. The maximum absolute atomic E-state index is 13.2. The molecule has 0 saturated carbocycles. The van der Waals surface area contributed by atoms with Gasteiger partial charge in [-0.1, -0.05) is 19.9 Å². The van der Waals surface area contributed by atoms with Gasteiger partial charge in [-0.25, -0.2) is 4.39 Å². The van der Waals surface area contributed by atoms with Crippen LogP contribution >= 0.6 is 0 Å². The van der Waals surface area contributed by atoms with Gasteiger partial charge in [0.1, 0.15) is 5.82 Å². The average molecular weight is 278 g/mol. The molecule has 0 saturated heterocycles. The highest BCUT2D eigenvalue weighted by Crippen LogP contribution is 2.32. The van der Waals surface area contributed by atoms with Crippen molar-refractivity contribution in [3.63, 3.8) is 0 Å². The topological polar surface area (TPSA) is 58.2 Å². The first-order valence-electron chi connectivity index (χ1n) is 6.84. The maximum Gasteiger partial charge on any atom is 0.228 e. The van der Waals surface area contributed by atoms with Gasteiger partial charge in [0.25, 0.3) is 0 Å². The third kappa shape index (κ3) is 3.35. The van der Waals surface area contributed by atoms with E-state index in [0.29, 0.717) is 23.7 Å². The van der Waals surface area contributed by atoms with Crippen molar-refractivity contribution in [3.8, 4) is 0 Å². The van der Waals surface area contributed by atoms with Crippen LogP contribution in [0.2, 0.25) is 0 Å². The molecule has 2 amide bonds. The number of anilines is 1. The zero-order chi connectivity index (χ0) is 14.7. The van der Waals surface area contributed by atoms with Crippen LogP contribution in [0, 0.1) is 11.7 Å². The standard InChI is InChI=1S/C15H19FN2O2/c1-9(2)5-6-17-15(20)12-8-14(19)18-13-7-10(16)3-4-11(12)13/h3-4,7,9,12H,5-6,8H2,1-2H3,(H,17,20)(H,18,19). The van der Waals surface area contributed by atoms with Crippen LogP contribution in [0.15, 0.2) is 18.2 Å². The SMILES string of the molecule is CC(C)CCNC(=O)C1CC(=O)Nc2cc(F)ccc21. The van der Waals surface area contributed by atoms with Crippen molar-refractivity contribution in [1.82, 2.24) is 5.32 Å². The number of carbonyl (C=O) groups excluding carboxylic acids is 2. The first kappa shape index (κ1) is 14.5. The zero-order valence-corrected chi connectivity index (χ0v) is 11.7. The summed E-state index contributed by atoms with van der Waals surface area (Å²) in [5.74, 6) is -0.886. The fourth-order valence-corrected chi connectivity index (χ4v) is 2.28. The third-order valence-corrected chi connectivity index (χ3v) is 3.39. The minimum atomic E-state index is -0.536. The Balaban J connectivity index is 2.12. The smallest absolute Gasteiger partial charge is 0.228 e. The molecule has 20 heavy (non-hydrogen) atoms. The Bertz CT molecular complexity index is 529. The van der Waals surface area contributed by atoms with Gasteiger partial charge in [0.15, 0.2) is 0 Å². The number of benzene rings is 1. The number of amides is 2. The van der Waals surface area contributed by atoms with E-state index in [9.17, 15) is 14.0 Å². The highest BCUT2D eigenvalue weighted by Gasteiger charge is 2.30. The molecule has 4 nitrogen and oxygen atoms in total. The monoisotopic (exact) mass is 278 g/mol. The molecule has 0 aromatic heterocycles. The second-order valence-electron chi connectivity index (χ2n) is 5.51. The fraction of sp³-hybridized carbons (Fsp3) is 0.467. The second kappa shape index (κ2) is 6.03. The third-order valence-electron chi connectivity index (χ3n) is 3.39. The summed E-state index contributed by atoms with van der Waals surface area (Å²) >= 11 is 0. The van der Waals surface area contributed by atoms with E-state index in [2.05, 4.69) is 24.5 Å². The van der Waals surface area contributed by atoms with E-state index in [1.54, 1.807) is 6.07 Å². The summed E-state index contributed by atoms with van der Waals surface area (Å²) < 4.78 is 13.2. The predicted octanol–water partition coefficient (Wildman–Crippen LogP) is 2.41. The van der Waals surface area contributed by atoms with Crippen LogP contribution in [0.3, 0.4) is 0 Å². The molecule has 1 aromatic rings. The van der Waals surface area contributed by atoms with Crippen LogP contribution in [0.5, 0.6) is 0 Å². The lowest BCUT2D eigenvalue weighted by molar-refractivity contribution is -0.126. The highest BCUT2D eigenvalue weighted by molar-refractivity contribution is 6.01. The molecule has 0 fully saturated rings. The predicted molar refractivity (Wildman–Crippen MR) is 74.9 cm³/mol. The second-order valence-corrected chi connectivity index (χ2v) is 5.51. The van der Waals surface area contributed by atoms with Crippen molar-refractivity contribution in [2.24, 2.45) is 5.92 Å².